The van der Waals surface area contributed by atoms with E-state index in [1.54, 1.807) is 48.5 Å². The van der Waals surface area contributed by atoms with Gasteiger partial charge in [0.1, 0.15) is 11.6 Å². The number of rotatable bonds is 3. The second-order valence-electron chi connectivity index (χ2n) is 3.69. The summed E-state index contributed by atoms with van der Waals surface area (Å²) in [7, 11) is 0. The number of carbonyl (C=O) groups is 1. The largest absolute Gasteiger partial charge is 0.423 e. The van der Waals surface area contributed by atoms with Crippen LogP contribution in [-0.4, -0.2) is 11.8 Å². The highest BCUT2D eigenvalue weighted by Gasteiger charge is 2.08. The first-order valence-corrected chi connectivity index (χ1v) is 5.38. The summed E-state index contributed by atoms with van der Waals surface area (Å²) in [5, 5.41) is 7.25. The molecule has 0 atom stereocenters. The fraction of sp³-hybridized carbons (Fsp3) is 0. The van der Waals surface area contributed by atoms with E-state index in [9.17, 15) is 4.79 Å². The third-order valence-corrected chi connectivity index (χ3v) is 2.39. The van der Waals surface area contributed by atoms with Crippen molar-refractivity contribution in [1.82, 2.24) is 0 Å². The van der Waals surface area contributed by atoms with Gasteiger partial charge in [-0.05, 0) is 24.3 Å². The van der Waals surface area contributed by atoms with Gasteiger partial charge in [-0.3, -0.25) is 5.41 Å². The van der Waals surface area contributed by atoms with Gasteiger partial charge in [-0.25, -0.2) is 4.79 Å². The number of carbonyl (C=O) groups excluding carboxylic acids is 1. The molecule has 4 heteroatoms. The minimum atomic E-state index is -0.434. The van der Waals surface area contributed by atoms with Crippen molar-refractivity contribution >= 4 is 11.8 Å². The van der Waals surface area contributed by atoms with Crippen LogP contribution in [0.1, 0.15) is 15.9 Å². The van der Waals surface area contributed by atoms with E-state index < -0.39 is 5.97 Å². The molecule has 0 spiro atoms. The van der Waals surface area contributed by atoms with Gasteiger partial charge in [-0.1, -0.05) is 30.3 Å². The normalized spacial score (nSPS) is 9.78. The topological polar surface area (TPSA) is 76.2 Å². The van der Waals surface area contributed by atoms with Crippen LogP contribution in [0.5, 0.6) is 5.75 Å². The van der Waals surface area contributed by atoms with E-state index in [0.29, 0.717) is 16.9 Å². The Labute approximate surface area is 105 Å². The van der Waals surface area contributed by atoms with E-state index >= 15 is 0 Å². The number of benzene rings is 2. The van der Waals surface area contributed by atoms with Crippen molar-refractivity contribution in [3.63, 3.8) is 0 Å². The van der Waals surface area contributed by atoms with Crippen molar-refractivity contribution in [3.8, 4) is 5.75 Å². The first kappa shape index (κ1) is 11.9. The third kappa shape index (κ3) is 2.74. The van der Waals surface area contributed by atoms with E-state index in [4.69, 9.17) is 15.9 Å². The van der Waals surface area contributed by atoms with Gasteiger partial charge in [-0.2, -0.15) is 0 Å². The van der Waals surface area contributed by atoms with Crippen LogP contribution in [-0.2, 0) is 0 Å². The molecule has 0 bridgehead atoms. The molecule has 0 aliphatic heterocycles. The molecule has 18 heavy (non-hydrogen) atoms. The molecule has 3 N–H and O–H groups in total. The number of nitrogen functional groups attached to an aromatic ring is 1. The number of nitrogens with one attached hydrogen (secondary N) is 1. The average molecular weight is 240 g/mol. The van der Waals surface area contributed by atoms with Crippen LogP contribution < -0.4 is 10.5 Å². The Hall–Kier alpha value is -2.62. The van der Waals surface area contributed by atoms with Gasteiger partial charge in [0, 0.05) is 5.56 Å². The van der Waals surface area contributed by atoms with Crippen LogP contribution in [0.2, 0.25) is 0 Å². The summed E-state index contributed by atoms with van der Waals surface area (Å²) in [5.74, 6) is 0.0347. The predicted molar refractivity (Wildman–Crippen MR) is 68.9 cm³/mol. The first-order chi connectivity index (χ1) is 8.66. The number of esters is 1. The molecule has 0 unspecified atom stereocenters. The number of hydrogen-bond donors (Lipinski definition) is 2. The van der Waals surface area contributed by atoms with Crippen molar-refractivity contribution in [2.45, 2.75) is 0 Å². The van der Waals surface area contributed by atoms with Crippen LogP contribution in [0, 0.1) is 5.41 Å². The molecule has 4 nitrogen and oxygen atoms in total. The lowest BCUT2D eigenvalue weighted by Gasteiger charge is -2.04. The van der Waals surface area contributed by atoms with Crippen molar-refractivity contribution in [1.29, 1.82) is 5.41 Å². The maximum absolute atomic E-state index is 11.8. The van der Waals surface area contributed by atoms with E-state index in [0.717, 1.165) is 0 Å². The molecule has 0 radical (unpaired) electrons. The smallest absolute Gasteiger partial charge is 0.343 e. The maximum atomic E-state index is 11.8. The quantitative estimate of drug-likeness (QED) is 0.373. The summed E-state index contributed by atoms with van der Waals surface area (Å²) in [5.41, 5.74) is 6.33. The number of para-hydroxylation sites is 1. The molecule has 2 aromatic carbocycles. The Balaban J connectivity index is 2.12. The standard InChI is InChI=1S/C14H12N2O2/c15-13(16)10-6-8-11(9-7-10)14(17)18-12-4-2-1-3-5-12/h1-9H,(H3,15,16). The van der Waals surface area contributed by atoms with Crippen molar-refractivity contribution in [3.05, 3.63) is 65.7 Å². The Morgan fingerprint density at radius 1 is 0.944 bits per heavy atom. The summed E-state index contributed by atoms with van der Waals surface area (Å²) in [6.07, 6.45) is 0. The summed E-state index contributed by atoms with van der Waals surface area (Å²) in [6.45, 7) is 0. The number of ether oxygens (including phenoxy) is 1. The van der Waals surface area contributed by atoms with Gasteiger partial charge < -0.3 is 10.5 Å². The van der Waals surface area contributed by atoms with E-state index in [1.807, 2.05) is 6.07 Å². The lowest BCUT2D eigenvalue weighted by molar-refractivity contribution is 0.0735. The Morgan fingerprint density at radius 2 is 1.50 bits per heavy atom. The van der Waals surface area contributed by atoms with E-state index in [1.165, 1.54) is 0 Å². The highest BCUT2D eigenvalue weighted by Crippen LogP contribution is 2.12. The monoisotopic (exact) mass is 240 g/mol. The second kappa shape index (κ2) is 5.14. The molecule has 0 aliphatic rings. The molecule has 0 saturated carbocycles. The first-order valence-electron chi connectivity index (χ1n) is 5.38. The fourth-order valence-corrected chi connectivity index (χ4v) is 1.44. The second-order valence-corrected chi connectivity index (χ2v) is 3.69. The molecule has 0 saturated heterocycles. The number of amidine groups is 1. The Morgan fingerprint density at radius 3 is 2.06 bits per heavy atom. The van der Waals surface area contributed by atoms with Crippen molar-refractivity contribution < 1.29 is 9.53 Å². The number of nitrogens with two attached hydrogens (primary N) is 1. The zero-order valence-corrected chi connectivity index (χ0v) is 9.59. The van der Waals surface area contributed by atoms with Crippen molar-refractivity contribution in [2.75, 3.05) is 0 Å². The predicted octanol–water partition coefficient (Wildman–Crippen LogP) is 2.19. The maximum Gasteiger partial charge on any atom is 0.343 e. The van der Waals surface area contributed by atoms with Crippen LogP contribution >= 0.6 is 0 Å². The van der Waals surface area contributed by atoms with Gasteiger partial charge in [0.15, 0.2) is 0 Å². The Kier molecular flexibility index (Phi) is 3.38. The molecule has 0 amide bonds. The van der Waals surface area contributed by atoms with Gasteiger partial charge >= 0.3 is 5.97 Å². The lowest BCUT2D eigenvalue weighted by atomic mass is 10.1. The van der Waals surface area contributed by atoms with E-state index in [-0.39, 0.29) is 5.84 Å². The number of hydrogen-bond acceptors (Lipinski definition) is 3. The highest BCUT2D eigenvalue weighted by atomic mass is 16.5. The zero-order chi connectivity index (χ0) is 13.0. The molecular formula is C14H12N2O2. The Bertz CT molecular complexity index is 562. The third-order valence-electron chi connectivity index (χ3n) is 2.39. The van der Waals surface area contributed by atoms with Crippen LogP contribution in [0.3, 0.4) is 0 Å². The van der Waals surface area contributed by atoms with Gasteiger partial charge in [0.25, 0.3) is 0 Å². The minimum Gasteiger partial charge on any atom is -0.423 e. The summed E-state index contributed by atoms with van der Waals surface area (Å²) < 4.78 is 5.18. The van der Waals surface area contributed by atoms with Crippen LogP contribution in [0.4, 0.5) is 0 Å². The minimum absolute atomic E-state index is 0.0297. The zero-order valence-electron chi connectivity index (χ0n) is 9.59. The molecule has 2 aromatic rings. The highest BCUT2D eigenvalue weighted by molar-refractivity contribution is 5.97. The fourth-order valence-electron chi connectivity index (χ4n) is 1.44. The van der Waals surface area contributed by atoms with Crippen LogP contribution in [0.25, 0.3) is 0 Å². The van der Waals surface area contributed by atoms with Gasteiger partial charge in [-0.15, -0.1) is 0 Å². The summed E-state index contributed by atoms with van der Waals surface area (Å²) >= 11 is 0. The lowest BCUT2D eigenvalue weighted by Crippen LogP contribution is -2.12. The van der Waals surface area contributed by atoms with Crippen LogP contribution in [0.15, 0.2) is 54.6 Å². The molecule has 0 heterocycles. The van der Waals surface area contributed by atoms with Gasteiger partial charge in [0.2, 0.25) is 0 Å². The molecular weight excluding hydrogens is 228 g/mol. The molecule has 0 fully saturated rings. The van der Waals surface area contributed by atoms with E-state index in [2.05, 4.69) is 0 Å². The molecule has 0 aromatic heterocycles. The molecule has 0 aliphatic carbocycles. The SMILES string of the molecule is N=C(N)c1ccc(C(=O)Oc2ccccc2)cc1. The van der Waals surface area contributed by atoms with Gasteiger partial charge in [0.05, 0.1) is 5.56 Å². The molecule has 90 valence electrons. The molecule has 2 rings (SSSR count). The average Bonchev–Trinajstić information content (AvgIpc) is 2.40. The summed E-state index contributed by atoms with van der Waals surface area (Å²) in [4.78, 5) is 11.8. The van der Waals surface area contributed by atoms with Crippen molar-refractivity contribution in [2.24, 2.45) is 5.73 Å². The summed E-state index contributed by atoms with van der Waals surface area (Å²) in [6, 6.07) is 15.3.